The van der Waals surface area contributed by atoms with Gasteiger partial charge in [0.2, 0.25) is 0 Å². The van der Waals surface area contributed by atoms with E-state index in [1.54, 1.807) is 4.90 Å². The van der Waals surface area contributed by atoms with Crippen LogP contribution in [0.2, 0.25) is 0 Å². The van der Waals surface area contributed by atoms with Crippen molar-refractivity contribution in [3.05, 3.63) is 35.9 Å². The fourth-order valence-electron chi connectivity index (χ4n) is 3.97. The number of rotatable bonds is 4. The molecule has 0 bridgehead atoms. The highest BCUT2D eigenvalue weighted by Gasteiger charge is 2.33. The number of aliphatic hydroxyl groups is 1. The van der Waals surface area contributed by atoms with Crippen molar-refractivity contribution < 1.29 is 15.0 Å². The largest absolute Gasteiger partial charge is 0.465 e. The Kier molecular flexibility index (Phi) is 5.18. The first-order chi connectivity index (χ1) is 11.1. The third kappa shape index (κ3) is 4.03. The molecule has 1 amide bonds. The molecule has 0 spiro atoms. The first-order valence-corrected chi connectivity index (χ1v) is 8.59. The summed E-state index contributed by atoms with van der Waals surface area (Å²) in [7, 11) is 0. The second-order valence-corrected chi connectivity index (χ2v) is 6.80. The van der Waals surface area contributed by atoms with Crippen molar-refractivity contribution in [3.8, 4) is 0 Å². The number of nitrogens with zero attached hydrogens (tertiary/aromatic N) is 2. The van der Waals surface area contributed by atoms with Crippen molar-refractivity contribution in [1.82, 2.24) is 9.80 Å². The molecule has 126 valence electrons. The molecule has 2 N–H and O–H groups in total. The van der Waals surface area contributed by atoms with Crippen LogP contribution in [0.15, 0.2) is 30.3 Å². The van der Waals surface area contributed by atoms with Crippen LogP contribution in [0.3, 0.4) is 0 Å². The van der Waals surface area contributed by atoms with E-state index in [2.05, 4.69) is 4.90 Å². The van der Waals surface area contributed by atoms with Gasteiger partial charge in [0, 0.05) is 31.7 Å². The van der Waals surface area contributed by atoms with E-state index in [1.807, 2.05) is 30.3 Å². The molecule has 5 nitrogen and oxygen atoms in total. The van der Waals surface area contributed by atoms with Crippen LogP contribution in [-0.4, -0.2) is 57.4 Å². The van der Waals surface area contributed by atoms with Gasteiger partial charge in [-0.25, -0.2) is 4.79 Å². The number of amides is 1. The third-order valence-corrected chi connectivity index (χ3v) is 5.26. The van der Waals surface area contributed by atoms with Crippen LogP contribution in [0.5, 0.6) is 0 Å². The van der Waals surface area contributed by atoms with Crippen molar-refractivity contribution in [2.45, 2.75) is 56.8 Å². The Bertz CT molecular complexity index is 514. The van der Waals surface area contributed by atoms with Crippen LogP contribution < -0.4 is 0 Å². The molecule has 5 heteroatoms. The first kappa shape index (κ1) is 16.3. The molecule has 1 aliphatic heterocycles. The van der Waals surface area contributed by atoms with E-state index in [4.69, 9.17) is 0 Å². The summed E-state index contributed by atoms with van der Waals surface area (Å²) in [5, 5.41) is 19.3. The molecule has 2 aliphatic rings. The summed E-state index contributed by atoms with van der Waals surface area (Å²) in [6.07, 6.45) is 3.74. The Labute approximate surface area is 137 Å². The maximum absolute atomic E-state index is 11.7. The number of hydrogen-bond acceptors (Lipinski definition) is 3. The molecular weight excluding hydrogens is 292 g/mol. The molecule has 2 fully saturated rings. The minimum atomic E-state index is -0.825. The number of carbonyl (C=O) groups is 1. The van der Waals surface area contributed by atoms with Crippen LogP contribution in [0.4, 0.5) is 4.79 Å². The zero-order chi connectivity index (χ0) is 16.2. The molecule has 1 atom stereocenters. The van der Waals surface area contributed by atoms with E-state index in [9.17, 15) is 15.0 Å². The lowest BCUT2D eigenvalue weighted by atomic mass is 9.89. The lowest BCUT2D eigenvalue weighted by Gasteiger charge is -2.38. The number of aliphatic hydroxyl groups excluding tert-OH is 1. The third-order valence-electron chi connectivity index (χ3n) is 5.26. The SMILES string of the molecule is O=C(O)N(Cc1ccccc1)C1CCC(N2CC[C@H](O)C2)CC1. The fourth-order valence-corrected chi connectivity index (χ4v) is 3.97. The summed E-state index contributed by atoms with van der Waals surface area (Å²) in [6.45, 7) is 2.22. The predicted octanol–water partition coefficient (Wildman–Crippen LogP) is 2.54. The highest BCUT2D eigenvalue weighted by molar-refractivity contribution is 5.65. The van der Waals surface area contributed by atoms with E-state index >= 15 is 0 Å². The normalized spacial score (nSPS) is 28.7. The van der Waals surface area contributed by atoms with Gasteiger partial charge < -0.3 is 15.1 Å². The second-order valence-electron chi connectivity index (χ2n) is 6.80. The smallest absolute Gasteiger partial charge is 0.407 e. The zero-order valence-electron chi connectivity index (χ0n) is 13.5. The first-order valence-electron chi connectivity index (χ1n) is 8.59. The summed E-state index contributed by atoms with van der Waals surface area (Å²) in [5.41, 5.74) is 1.04. The van der Waals surface area contributed by atoms with Gasteiger partial charge in [0.25, 0.3) is 0 Å². The van der Waals surface area contributed by atoms with E-state index in [0.29, 0.717) is 12.6 Å². The fraction of sp³-hybridized carbons (Fsp3) is 0.611. The Morgan fingerprint density at radius 3 is 2.39 bits per heavy atom. The standard InChI is InChI=1S/C18H26N2O3/c21-17-10-11-19(13-17)15-6-8-16(9-7-15)20(18(22)23)12-14-4-2-1-3-5-14/h1-5,15-17,21H,6-13H2,(H,22,23)/t15?,16?,17-/m0/s1. The number of likely N-dealkylation sites (tertiary alicyclic amines) is 1. The van der Waals surface area contributed by atoms with E-state index in [0.717, 1.165) is 50.8 Å². The van der Waals surface area contributed by atoms with Crippen LogP contribution >= 0.6 is 0 Å². The van der Waals surface area contributed by atoms with Gasteiger partial charge in [0.05, 0.1) is 6.10 Å². The van der Waals surface area contributed by atoms with Crippen molar-refractivity contribution in [1.29, 1.82) is 0 Å². The Balaban J connectivity index is 1.56. The topological polar surface area (TPSA) is 64.0 Å². The van der Waals surface area contributed by atoms with E-state index in [-0.39, 0.29) is 12.1 Å². The maximum Gasteiger partial charge on any atom is 0.407 e. The molecule has 1 aromatic rings. The van der Waals surface area contributed by atoms with Gasteiger partial charge in [-0.3, -0.25) is 4.90 Å². The molecule has 1 saturated heterocycles. The summed E-state index contributed by atoms with van der Waals surface area (Å²) >= 11 is 0. The summed E-state index contributed by atoms with van der Waals surface area (Å²) < 4.78 is 0. The molecule has 1 aromatic carbocycles. The average Bonchev–Trinajstić information content (AvgIpc) is 3.00. The minimum Gasteiger partial charge on any atom is -0.465 e. The molecule has 0 aromatic heterocycles. The monoisotopic (exact) mass is 318 g/mol. The molecule has 1 aliphatic carbocycles. The van der Waals surface area contributed by atoms with Gasteiger partial charge in [-0.2, -0.15) is 0 Å². The van der Waals surface area contributed by atoms with Crippen LogP contribution in [0, 0.1) is 0 Å². The van der Waals surface area contributed by atoms with Crippen LogP contribution in [0.1, 0.15) is 37.7 Å². The lowest BCUT2D eigenvalue weighted by molar-refractivity contribution is 0.0825. The van der Waals surface area contributed by atoms with Gasteiger partial charge >= 0.3 is 6.09 Å². The molecule has 1 heterocycles. The number of benzene rings is 1. The Morgan fingerprint density at radius 2 is 1.83 bits per heavy atom. The van der Waals surface area contributed by atoms with Gasteiger partial charge in [-0.1, -0.05) is 30.3 Å². The van der Waals surface area contributed by atoms with Crippen molar-refractivity contribution in [3.63, 3.8) is 0 Å². The Hall–Kier alpha value is -1.59. The van der Waals surface area contributed by atoms with Gasteiger partial charge in [-0.15, -0.1) is 0 Å². The molecule has 0 unspecified atom stereocenters. The summed E-state index contributed by atoms with van der Waals surface area (Å²) in [6, 6.07) is 10.4. The molecule has 23 heavy (non-hydrogen) atoms. The second kappa shape index (κ2) is 7.32. The van der Waals surface area contributed by atoms with Crippen molar-refractivity contribution >= 4 is 6.09 Å². The minimum absolute atomic E-state index is 0.108. The average molecular weight is 318 g/mol. The van der Waals surface area contributed by atoms with E-state index in [1.165, 1.54) is 0 Å². The Morgan fingerprint density at radius 1 is 1.13 bits per heavy atom. The highest BCUT2D eigenvalue weighted by Crippen LogP contribution is 2.29. The van der Waals surface area contributed by atoms with Gasteiger partial charge in [0.1, 0.15) is 0 Å². The lowest BCUT2D eigenvalue weighted by Crippen LogP contribution is -2.45. The summed E-state index contributed by atoms with van der Waals surface area (Å²) in [4.78, 5) is 15.6. The quantitative estimate of drug-likeness (QED) is 0.895. The molecule has 3 rings (SSSR count). The van der Waals surface area contributed by atoms with E-state index < -0.39 is 6.09 Å². The molecule has 0 radical (unpaired) electrons. The van der Waals surface area contributed by atoms with Gasteiger partial charge in [0.15, 0.2) is 0 Å². The maximum atomic E-state index is 11.7. The molecule has 1 saturated carbocycles. The summed E-state index contributed by atoms with van der Waals surface area (Å²) in [5.74, 6) is 0. The predicted molar refractivity (Wildman–Crippen MR) is 88.3 cm³/mol. The number of carboxylic acid groups (broad SMARTS) is 1. The van der Waals surface area contributed by atoms with Gasteiger partial charge in [-0.05, 0) is 37.7 Å². The van der Waals surface area contributed by atoms with Crippen molar-refractivity contribution in [2.75, 3.05) is 13.1 Å². The highest BCUT2D eigenvalue weighted by atomic mass is 16.4. The molecular formula is C18H26N2O3. The zero-order valence-corrected chi connectivity index (χ0v) is 13.5. The van der Waals surface area contributed by atoms with Crippen LogP contribution in [-0.2, 0) is 6.54 Å². The van der Waals surface area contributed by atoms with Crippen LogP contribution in [0.25, 0.3) is 0 Å². The number of β-amino-alcohol motifs (C(OH)–C–C–N with tert-alkyl or cyclic N) is 1. The number of hydrogen-bond donors (Lipinski definition) is 2. The van der Waals surface area contributed by atoms with Crippen molar-refractivity contribution in [2.24, 2.45) is 0 Å².